The van der Waals surface area contributed by atoms with Crippen molar-refractivity contribution in [2.75, 3.05) is 0 Å². The molecule has 0 unspecified atom stereocenters. The zero-order valence-corrected chi connectivity index (χ0v) is 5.67. The van der Waals surface area contributed by atoms with Gasteiger partial charge in [-0.3, -0.25) is 4.79 Å². The summed E-state index contributed by atoms with van der Waals surface area (Å²) in [5.41, 5.74) is 0.153. The van der Waals surface area contributed by atoms with Gasteiger partial charge in [0.05, 0.1) is 5.56 Å². The Hall–Kier alpha value is -1.09. The van der Waals surface area contributed by atoms with Crippen LogP contribution in [0.3, 0.4) is 0 Å². The summed E-state index contributed by atoms with van der Waals surface area (Å²) in [5, 5.41) is 8.92. The van der Waals surface area contributed by atoms with Crippen molar-refractivity contribution in [3.8, 4) is 5.75 Å². The third kappa shape index (κ3) is 1.09. The van der Waals surface area contributed by atoms with E-state index in [4.69, 9.17) is 16.7 Å². The first kappa shape index (κ1) is 7.02. The van der Waals surface area contributed by atoms with Crippen LogP contribution in [0.1, 0.15) is 10.4 Å². The first-order valence-corrected chi connectivity index (χ1v) is 2.92. The average Bonchev–Trinajstić information content (AvgIpc) is 1.95. The highest BCUT2D eigenvalue weighted by Gasteiger charge is 2.03. The van der Waals surface area contributed by atoms with Gasteiger partial charge >= 0.3 is 0 Å². The average molecular weight is 158 g/mol. The Morgan fingerprint density at radius 2 is 2.40 bits per heavy atom. The number of aromatic nitrogens is 1. The fourth-order valence-corrected chi connectivity index (χ4v) is 0.703. The molecule has 1 heterocycles. The lowest BCUT2D eigenvalue weighted by Crippen LogP contribution is -1.83. The van der Waals surface area contributed by atoms with Crippen LogP contribution in [0.25, 0.3) is 0 Å². The second-order valence-corrected chi connectivity index (χ2v) is 2.02. The fourth-order valence-electron chi connectivity index (χ4n) is 0.537. The molecule has 0 atom stereocenters. The van der Waals surface area contributed by atoms with Gasteiger partial charge in [0.2, 0.25) is 0 Å². The standard InChI is InChI=1S/C6H4ClNO2/c7-6-5(10)4(3-9)1-2-8-6/h1-3,10H. The van der Waals surface area contributed by atoms with Crippen molar-refractivity contribution in [1.29, 1.82) is 0 Å². The first-order valence-electron chi connectivity index (χ1n) is 2.54. The Morgan fingerprint density at radius 3 is 2.90 bits per heavy atom. The fraction of sp³-hybridized carbons (Fsp3) is 0. The van der Waals surface area contributed by atoms with Crippen LogP contribution in [0.5, 0.6) is 5.75 Å². The minimum atomic E-state index is -0.265. The summed E-state index contributed by atoms with van der Waals surface area (Å²) in [4.78, 5) is 13.7. The van der Waals surface area contributed by atoms with Gasteiger partial charge in [-0.25, -0.2) is 4.98 Å². The van der Waals surface area contributed by atoms with Crippen molar-refractivity contribution in [1.82, 2.24) is 4.98 Å². The number of rotatable bonds is 1. The third-order valence-electron chi connectivity index (χ3n) is 1.04. The van der Waals surface area contributed by atoms with E-state index in [1.165, 1.54) is 12.3 Å². The Labute approximate surface area is 62.3 Å². The summed E-state index contributed by atoms with van der Waals surface area (Å²) in [6.07, 6.45) is 1.87. The Bertz CT molecular complexity index is 262. The molecule has 1 N–H and O–H groups in total. The maximum Gasteiger partial charge on any atom is 0.171 e. The highest BCUT2D eigenvalue weighted by Crippen LogP contribution is 2.22. The molecular weight excluding hydrogens is 154 g/mol. The van der Waals surface area contributed by atoms with Gasteiger partial charge in [0, 0.05) is 6.20 Å². The van der Waals surface area contributed by atoms with Crippen molar-refractivity contribution in [3.63, 3.8) is 0 Å². The van der Waals surface area contributed by atoms with Crippen LogP contribution in [0.2, 0.25) is 5.15 Å². The summed E-state index contributed by atoms with van der Waals surface area (Å²) >= 11 is 5.37. The number of hydrogen-bond acceptors (Lipinski definition) is 3. The summed E-state index contributed by atoms with van der Waals surface area (Å²) in [6.45, 7) is 0. The van der Waals surface area contributed by atoms with Gasteiger partial charge in [0.15, 0.2) is 17.2 Å². The maximum atomic E-state index is 10.1. The van der Waals surface area contributed by atoms with E-state index in [0.717, 1.165) is 0 Å². The topological polar surface area (TPSA) is 50.2 Å². The van der Waals surface area contributed by atoms with Gasteiger partial charge in [-0.2, -0.15) is 0 Å². The van der Waals surface area contributed by atoms with Gasteiger partial charge in [-0.1, -0.05) is 11.6 Å². The predicted molar refractivity (Wildman–Crippen MR) is 36.3 cm³/mol. The molecule has 1 aromatic heterocycles. The molecule has 0 bridgehead atoms. The molecule has 4 heteroatoms. The Kier molecular flexibility index (Phi) is 1.87. The quantitative estimate of drug-likeness (QED) is 0.493. The number of aromatic hydroxyl groups is 1. The van der Waals surface area contributed by atoms with Gasteiger partial charge in [-0.05, 0) is 6.07 Å². The van der Waals surface area contributed by atoms with Crippen LogP contribution in [-0.4, -0.2) is 16.4 Å². The second-order valence-electron chi connectivity index (χ2n) is 1.66. The van der Waals surface area contributed by atoms with Crippen molar-refractivity contribution < 1.29 is 9.90 Å². The molecule has 0 radical (unpaired) electrons. The normalized spacial score (nSPS) is 9.30. The van der Waals surface area contributed by atoms with E-state index >= 15 is 0 Å². The highest BCUT2D eigenvalue weighted by atomic mass is 35.5. The second kappa shape index (κ2) is 2.66. The zero-order chi connectivity index (χ0) is 7.56. The molecule has 10 heavy (non-hydrogen) atoms. The molecule has 0 spiro atoms. The number of carbonyl (C=O) groups is 1. The smallest absolute Gasteiger partial charge is 0.171 e. The molecule has 3 nitrogen and oxygen atoms in total. The number of carbonyl (C=O) groups excluding carboxylic acids is 1. The van der Waals surface area contributed by atoms with Gasteiger partial charge in [0.1, 0.15) is 0 Å². The number of aldehydes is 1. The number of hydrogen-bond donors (Lipinski definition) is 1. The predicted octanol–water partition coefficient (Wildman–Crippen LogP) is 1.25. The molecule has 1 rings (SSSR count). The van der Waals surface area contributed by atoms with E-state index in [1.807, 2.05) is 0 Å². The summed E-state index contributed by atoms with van der Waals surface area (Å²) in [7, 11) is 0. The molecule has 52 valence electrons. The summed E-state index contributed by atoms with van der Waals surface area (Å²) in [5.74, 6) is -0.265. The lowest BCUT2D eigenvalue weighted by Gasteiger charge is -1.95. The third-order valence-corrected chi connectivity index (χ3v) is 1.31. The largest absolute Gasteiger partial charge is 0.504 e. The van der Waals surface area contributed by atoms with Gasteiger partial charge in [0.25, 0.3) is 0 Å². The summed E-state index contributed by atoms with van der Waals surface area (Å²) < 4.78 is 0. The van der Waals surface area contributed by atoms with Crippen LogP contribution < -0.4 is 0 Å². The van der Waals surface area contributed by atoms with Crippen LogP contribution >= 0.6 is 11.6 Å². The van der Waals surface area contributed by atoms with E-state index < -0.39 is 0 Å². The SMILES string of the molecule is O=Cc1ccnc(Cl)c1O. The van der Waals surface area contributed by atoms with Crippen LogP contribution in [0.15, 0.2) is 12.3 Å². The first-order chi connectivity index (χ1) is 4.75. The van der Waals surface area contributed by atoms with E-state index in [-0.39, 0.29) is 16.5 Å². The van der Waals surface area contributed by atoms with Crippen LogP contribution in [-0.2, 0) is 0 Å². The van der Waals surface area contributed by atoms with Crippen molar-refractivity contribution in [2.24, 2.45) is 0 Å². The minimum Gasteiger partial charge on any atom is -0.504 e. The lowest BCUT2D eigenvalue weighted by atomic mass is 10.3. The lowest BCUT2D eigenvalue weighted by molar-refractivity contribution is 0.112. The van der Waals surface area contributed by atoms with Crippen molar-refractivity contribution in [2.45, 2.75) is 0 Å². The number of nitrogens with zero attached hydrogens (tertiary/aromatic N) is 1. The molecule has 0 saturated carbocycles. The zero-order valence-electron chi connectivity index (χ0n) is 4.91. The van der Waals surface area contributed by atoms with E-state index in [2.05, 4.69) is 4.98 Å². The maximum absolute atomic E-state index is 10.1. The monoisotopic (exact) mass is 157 g/mol. The molecule has 0 aliphatic rings. The van der Waals surface area contributed by atoms with Gasteiger partial charge in [-0.15, -0.1) is 0 Å². The molecule has 0 aliphatic heterocycles. The molecule has 0 saturated heterocycles. The molecule has 0 aromatic carbocycles. The Morgan fingerprint density at radius 1 is 1.70 bits per heavy atom. The van der Waals surface area contributed by atoms with E-state index in [0.29, 0.717) is 6.29 Å². The van der Waals surface area contributed by atoms with Crippen LogP contribution in [0, 0.1) is 0 Å². The number of halogens is 1. The number of pyridine rings is 1. The molecular formula is C6H4ClNO2. The Balaban J connectivity index is 3.27. The highest BCUT2D eigenvalue weighted by molar-refractivity contribution is 6.31. The minimum absolute atomic E-state index is 0.0513. The van der Waals surface area contributed by atoms with Gasteiger partial charge < -0.3 is 5.11 Å². The molecule has 0 amide bonds. The summed E-state index contributed by atoms with van der Waals surface area (Å²) in [6, 6.07) is 1.38. The molecule has 0 aliphatic carbocycles. The van der Waals surface area contributed by atoms with E-state index in [9.17, 15) is 4.79 Å². The molecule has 0 fully saturated rings. The van der Waals surface area contributed by atoms with Crippen molar-refractivity contribution in [3.05, 3.63) is 23.0 Å². The van der Waals surface area contributed by atoms with Crippen LogP contribution in [0.4, 0.5) is 0 Å². The van der Waals surface area contributed by atoms with E-state index in [1.54, 1.807) is 0 Å². The molecule has 1 aromatic rings. The van der Waals surface area contributed by atoms with Crippen molar-refractivity contribution >= 4 is 17.9 Å².